The van der Waals surface area contributed by atoms with Gasteiger partial charge in [-0.1, -0.05) is 35.9 Å². The zero-order valence-corrected chi connectivity index (χ0v) is 14.8. The van der Waals surface area contributed by atoms with Crippen molar-refractivity contribution in [1.29, 1.82) is 0 Å². The highest BCUT2D eigenvalue weighted by Gasteiger charge is 2.34. The zero-order chi connectivity index (χ0) is 17.2. The molecule has 0 aliphatic carbocycles. The summed E-state index contributed by atoms with van der Waals surface area (Å²) in [6.45, 7) is 4.07. The molecule has 2 aromatic rings. The largest absolute Gasteiger partial charge is 0.384 e. The minimum atomic E-state index is -0.131. The van der Waals surface area contributed by atoms with E-state index in [1.807, 2.05) is 30.3 Å². The van der Waals surface area contributed by atoms with E-state index in [1.165, 1.54) is 18.1 Å². The molecule has 1 fully saturated rings. The van der Waals surface area contributed by atoms with Gasteiger partial charge in [-0.05, 0) is 60.3 Å². The number of likely N-dealkylation sites (tertiary alicyclic amines) is 1. The summed E-state index contributed by atoms with van der Waals surface area (Å²) in [6, 6.07) is 13.0. The van der Waals surface area contributed by atoms with Gasteiger partial charge in [-0.25, -0.2) is 4.39 Å². The molecule has 0 bridgehead atoms. The third-order valence-electron chi connectivity index (χ3n) is 5.35. The number of benzene rings is 2. The third-order valence-corrected chi connectivity index (χ3v) is 5.60. The molecule has 2 aromatic carbocycles. The predicted octanol–water partition coefficient (Wildman–Crippen LogP) is 5.02. The third kappa shape index (κ3) is 3.73. The molecule has 0 saturated carbocycles. The monoisotopic (exact) mass is 356 g/mol. The van der Waals surface area contributed by atoms with Crippen molar-refractivity contribution in [2.24, 2.45) is 5.92 Å². The molecule has 1 N–H and O–H groups in total. The first-order valence-corrected chi connectivity index (χ1v) is 9.24. The van der Waals surface area contributed by atoms with Crippen molar-refractivity contribution in [3.05, 3.63) is 70.5 Å². The Bertz CT molecular complexity index is 772. The molecule has 1 saturated heterocycles. The van der Waals surface area contributed by atoms with Crippen LogP contribution in [0.1, 0.15) is 23.5 Å². The van der Waals surface area contributed by atoms with Crippen LogP contribution >= 0.6 is 11.6 Å². The molecule has 4 rings (SSSR count). The summed E-state index contributed by atoms with van der Waals surface area (Å²) in [7, 11) is 0. The van der Waals surface area contributed by atoms with Crippen molar-refractivity contribution in [2.75, 3.05) is 31.5 Å². The van der Waals surface area contributed by atoms with Crippen molar-refractivity contribution in [1.82, 2.24) is 4.90 Å². The van der Waals surface area contributed by atoms with Gasteiger partial charge in [-0.3, -0.25) is 4.90 Å². The Labute approximate surface area is 153 Å². The number of hydrogen-bond acceptors (Lipinski definition) is 2. The van der Waals surface area contributed by atoms with E-state index in [-0.39, 0.29) is 5.82 Å². The van der Waals surface area contributed by atoms with Crippen LogP contribution in [0.25, 0.3) is 6.08 Å². The lowest BCUT2D eigenvalue weighted by Crippen LogP contribution is -2.23. The highest BCUT2D eigenvalue weighted by atomic mass is 35.5. The molecule has 0 amide bonds. The quantitative estimate of drug-likeness (QED) is 0.827. The maximum Gasteiger partial charge on any atom is 0.123 e. The summed E-state index contributed by atoms with van der Waals surface area (Å²) in [5.74, 6) is 0.892. The van der Waals surface area contributed by atoms with Gasteiger partial charge in [0.15, 0.2) is 0 Å². The number of nitrogens with one attached hydrogen (secondary N) is 1. The molecule has 2 unspecified atom stereocenters. The first-order valence-electron chi connectivity index (χ1n) is 8.87. The Kier molecular flexibility index (Phi) is 4.78. The first-order chi connectivity index (χ1) is 12.2. The van der Waals surface area contributed by atoms with Crippen molar-refractivity contribution in [3.8, 4) is 0 Å². The molecule has 130 valence electrons. The van der Waals surface area contributed by atoms with Crippen LogP contribution in [0.5, 0.6) is 0 Å². The maximum atomic E-state index is 13.6. The van der Waals surface area contributed by atoms with Gasteiger partial charge < -0.3 is 5.32 Å². The van der Waals surface area contributed by atoms with Crippen LogP contribution in [0.3, 0.4) is 0 Å². The van der Waals surface area contributed by atoms with Crippen molar-refractivity contribution in [2.45, 2.75) is 12.3 Å². The summed E-state index contributed by atoms with van der Waals surface area (Å²) < 4.78 is 13.6. The van der Waals surface area contributed by atoms with E-state index in [0.717, 1.165) is 42.5 Å². The molecular weight excluding hydrogens is 335 g/mol. The summed E-state index contributed by atoms with van der Waals surface area (Å²) in [4.78, 5) is 2.48. The molecule has 2 aliphatic rings. The van der Waals surface area contributed by atoms with Crippen molar-refractivity contribution in [3.63, 3.8) is 0 Å². The van der Waals surface area contributed by atoms with E-state index >= 15 is 0 Å². The van der Waals surface area contributed by atoms with Crippen molar-refractivity contribution >= 4 is 23.4 Å². The molecule has 2 nitrogen and oxygen atoms in total. The van der Waals surface area contributed by atoms with E-state index < -0.39 is 0 Å². The van der Waals surface area contributed by atoms with Gasteiger partial charge in [0, 0.05) is 36.3 Å². The van der Waals surface area contributed by atoms with Crippen LogP contribution in [0.4, 0.5) is 10.1 Å². The van der Waals surface area contributed by atoms with E-state index in [2.05, 4.69) is 22.4 Å². The van der Waals surface area contributed by atoms with Crippen LogP contribution in [-0.4, -0.2) is 31.1 Å². The van der Waals surface area contributed by atoms with E-state index in [4.69, 9.17) is 11.6 Å². The number of fused-ring (bicyclic) bond motifs is 1. The Balaban J connectivity index is 1.35. The highest BCUT2D eigenvalue weighted by molar-refractivity contribution is 6.30. The Morgan fingerprint density at radius 3 is 2.88 bits per heavy atom. The summed E-state index contributed by atoms with van der Waals surface area (Å²) in [6.07, 6.45) is 5.54. The van der Waals surface area contributed by atoms with Gasteiger partial charge in [0.05, 0.1) is 0 Å². The molecule has 4 heteroatoms. The molecular formula is C21H22ClFN2. The molecule has 2 heterocycles. The normalized spacial score (nSPS) is 23.1. The molecule has 25 heavy (non-hydrogen) atoms. The SMILES string of the molecule is Fc1ccc2c(c1)C(C1CCN(CC=Cc3ccc(Cl)cc3)C1)CN2. The number of nitrogens with zero attached hydrogens (tertiary/aromatic N) is 1. The molecule has 2 atom stereocenters. The maximum absolute atomic E-state index is 13.6. The molecule has 0 spiro atoms. The number of anilines is 1. The predicted molar refractivity (Wildman–Crippen MR) is 103 cm³/mol. The second-order valence-electron chi connectivity index (χ2n) is 6.98. The van der Waals surface area contributed by atoms with Gasteiger partial charge in [0.1, 0.15) is 5.82 Å². The number of rotatable bonds is 4. The van der Waals surface area contributed by atoms with Crippen LogP contribution in [0.2, 0.25) is 5.02 Å². The molecule has 2 aliphatic heterocycles. The fourth-order valence-electron chi connectivity index (χ4n) is 4.02. The van der Waals surface area contributed by atoms with Crippen LogP contribution in [-0.2, 0) is 0 Å². The Morgan fingerprint density at radius 1 is 1.20 bits per heavy atom. The van der Waals surface area contributed by atoms with Crippen LogP contribution in [0.15, 0.2) is 48.5 Å². The Morgan fingerprint density at radius 2 is 2.04 bits per heavy atom. The van der Waals surface area contributed by atoms with Crippen LogP contribution in [0, 0.1) is 11.7 Å². The second-order valence-corrected chi connectivity index (χ2v) is 7.42. The van der Waals surface area contributed by atoms with E-state index in [1.54, 1.807) is 6.07 Å². The first kappa shape index (κ1) is 16.6. The van der Waals surface area contributed by atoms with E-state index in [9.17, 15) is 4.39 Å². The fourth-order valence-corrected chi connectivity index (χ4v) is 4.15. The lowest BCUT2D eigenvalue weighted by Gasteiger charge is -2.19. The summed E-state index contributed by atoms with van der Waals surface area (Å²) in [5, 5.41) is 4.19. The molecule has 0 aromatic heterocycles. The standard InChI is InChI=1S/C21H22ClFN2/c22-17-5-3-15(4-6-17)2-1-10-25-11-9-16(14-25)20-13-24-21-8-7-18(23)12-19(20)21/h1-8,12,16,20,24H,9-11,13-14H2. The fraction of sp³-hybridized carbons (Fsp3) is 0.333. The smallest absolute Gasteiger partial charge is 0.123 e. The summed E-state index contributed by atoms with van der Waals surface area (Å²) in [5.41, 5.74) is 3.43. The van der Waals surface area contributed by atoms with Crippen LogP contribution < -0.4 is 5.32 Å². The lowest BCUT2D eigenvalue weighted by atomic mass is 9.87. The van der Waals surface area contributed by atoms with Crippen molar-refractivity contribution < 1.29 is 4.39 Å². The average Bonchev–Trinajstić information content (AvgIpc) is 3.23. The second kappa shape index (κ2) is 7.19. The lowest BCUT2D eigenvalue weighted by molar-refractivity contribution is 0.347. The average molecular weight is 357 g/mol. The topological polar surface area (TPSA) is 15.3 Å². The minimum absolute atomic E-state index is 0.131. The summed E-state index contributed by atoms with van der Waals surface area (Å²) >= 11 is 5.91. The van der Waals surface area contributed by atoms with Gasteiger partial charge in [0.2, 0.25) is 0 Å². The highest BCUT2D eigenvalue weighted by Crippen LogP contribution is 2.40. The van der Waals surface area contributed by atoms with Gasteiger partial charge in [-0.15, -0.1) is 0 Å². The van der Waals surface area contributed by atoms with Gasteiger partial charge in [0.25, 0.3) is 0 Å². The van der Waals surface area contributed by atoms with E-state index in [0.29, 0.717) is 11.8 Å². The van der Waals surface area contributed by atoms with Gasteiger partial charge >= 0.3 is 0 Å². The number of hydrogen-bond donors (Lipinski definition) is 1. The molecule has 0 radical (unpaired) electrons. The van der Waals surface area contributed by atoms with Gasteiger partial charge in [-0.2, -0.15) is 0 Å². The zero-order valence-electron chi connectivity index (χ0n) is 14.1. The number of halogens is 2. The minimum Gasteiger partial charge on any atom is -0.384 e. The Hall–Kier alpha value is -1.84.